The summed E-state index contributed by atoms with van der Waals surface area (Å²) in [5.74, 6) is 0.311. The van der Waals surface area contributed by atoms with E-state index < -0.39 is 5.69 Å². The number of unbranched alkanes of at least 4 members (excludes halogenated alkanes) is 2. The highest BCUT2D eigenvalue weighted by Crippen LogP contribution is 2.29. The van der Waals surface area contributed by atoms with Gasteiger partial charge in [0.2, 0.25) is 0 Å². The summed E-state index contributed by atoms with van der Waals surface area (Å²) in [5, 5.41) is 1.24. The molecule has 0 N–H and O–H groups in total. The molecule has 0 spiro atoms. The van der Waals surface area contributed by atoms with Crippen LogP contribution in [0.2, 0.25) is 0 Å². The van der Waals surface area contributed by atoms with Crippen molar-refractivity contribution in [1.82, 2.24) is 9.13 Å². The zero-order chi connectivity index (χ0) is 15.6. The fourth-order valence-electron chi connectivity index (χ4n) is 2.54. The van der Waals surface area contributed by atoms with Crippen molar-refractivity contribution in [3.05, 3.63) is 20.8 Å². The van der Waals surface area contributed by atoms with Crippen LogP contribution in [0.5, 0.6) is 0 Å². The molecule has 0 saturated carbocycles. The molecule has 0 bridgehead atoms. The van der Waals surface area contributed by atoms with Gasteiger partial charge in [0.25, 0.3) is 5.56 Å². The van der Waals surface area contributed by atoms with Crippen LogP contribution in [-0.4, -0.2) is 29.3 Å². The molecule has 0 aromatic carbocycles. The number of hydrogen-bond donors (Lipinski definition) is 0. The normalized spacial score (nSPS) is 13.5. The Labute approximate surface area is 122 Å². The van der Waals surface area contributed by atoms with Gasteiger partial charge in [-0.05, 0) is 6.42 Å². The van der Waals surface area contributed by atoms with Gasteiger partial charge >= 0.3 is 12.2 Å². The molecule has 116 valence electrons. The minimum Gasteiger partial charge on any atom is -0.346 e. The van der Waals surface area contributed by atoms with Gasteiger partial charge in [-0.2, -0.15) is 5.06 Å². The lowest BCUT2D eigenvalue weighted by atomic mass is 10.2. The first-order chi connectivity index (χ1) is 10.0. The van der Waals surface area contributed by atoms with Gasteiger partial charge in [-0.1, -0.05) is 19.8 Å². The van der Waals surface area contributed by atoms with E-state index in [0.717, 1.165) is 19.3 Å². The van der Waals surface area contributed by atoms with Gasteiger partial charge in [0.15, 0.2) is 5.82 Å². The molecular weight excluding hydrogens is 276 g/mol. The molecule has 1 aromatic heterocycles. The lowest BCUT2D eigenvalue weighted by Crippen LogP contribution is -2.41. The second-order valence-corrected chi connectivity index (χ2v) is 5.10. The summed E-state index contributed by atoms with van der Waals surface area (Å²) in [6, 6.07) is 0. The zero-order valence-electron chi connectivity index (χ0n) is 12.5. The fourth-order valence-corrected chi connectivity index (χ4v) is 2.54. The number of hydrogen-bond acceptors (Lipinski definition) is 6. The number of fused-ring (bicyclic) bond motifs is 1. The van der Waals surface area contributed by atoms with Crippen LogP contribution < -0.4 is 21.2 Å². The van der Waals surface area contributed by atoms with Crippen LogP contribution >= 0.6 is 0 Å². The molecule has 0 radical (unpaired) electrons. The summed E-state index contributed by atoms with van der Waals surface area (Å²) in [7, 11) is 3.28. The molecule has 1 aromatic rings. The van der Waals surface area contributed by atoms with E-state index in [-0.39, 0.29) is 18.7 Å². The van der Waals surface area contributed by atoms with E-state index in [1.165, 1.54) is 14.2 Å². The quantitative estimate of drug-likeness (QED) is 0.545. The molecule has 1 aliphatic heterocycles. The van der Waals surface area contributed by atoms with Crippen molar-refractivity contribution in [2.45, 2.75) is 32.7 Å². The summed E-state index contributed by atoms with van der Waals surface area (Å²) in [6.07, 6.45) is 2.76. The van der Waals surface area contributed by atoms with Gasteiger partial charge in [-0.15, -0.1) is 0 Å². The number of aromatic nitrogens is 2. The van der Waals surface area contributed by atoms with E-state index in [0.29, 0.717) is 18.1 Å². The molecule has 0 fully saturated rings. The molecule has 2 heterocycles. The van der Waals surface area contributed by atoms with Crippen molar-refractivity contribution in [2.75, 3.05) is 23.7 Å². The van der Waals surface area contributed by atoms with Crippen LogP contribution in [0.15, 0.2) is 9.59 Å². The van der Waals surface area contributed by atoms with Gasteiger partial charge in [0.05, 0.1) is 0 Å². The molecule has 0 amide bonds. The molecule has 8 heteroatoms. The molecule has 0 atom stereocenters. The van der Waals surface area contributed by atoms with Crippen molar-refractivity contribution in [3.63, 3.8) is 0 Å². The highest BCUT2D eigenvalue weighted by Gasteiger charge is 2.32. The fraction of sp³-hybridized carbons (Fsp3) is 0.615. The highest BCUT2D eigenvalue weighted by atomic mass is 16.7. The second kappa shape index (κ2) is 6.02. The molecular formula is C13H20N4O4. The van der Waals surface area contributed by atoms with Gasteiger partial charge in [-0.3, -0.25) is 18.7 Å². The van der Waals surface area contributed by atoms with Crippen molar-refractivity contribution in [1.29, 1.82) is 0 Å². The summed E-state index contributed by atoms with van der Waals surface area (Å²) in [5.41, 5.74) is -0.371. The Balaban J connectivity index is 2.53. The SMILES string of the molecule is CCCCCn1c(=O)c2c(n(C)c1=O)N(OC=O)CN2C. The van der Waals surface area contributed by atoms with Crippen molar-refractivity contribution in [2.24, 2.45) is 7.05 Å². The number of carbonyl (C=O) groups excluding carboxylic acids is 1. The standard InChI is InChI=1S/C13H20N4O4/c1-4-5-6-7-16-12(19)10-11(15(3)13(16)20)17(21-9-18)8-14(10)2/h9H,4-8H2,1-3H3. The monoisotopic (exact) mass is 296 g/mol. The maximum Gasteiger partial charge on any atom is 0.332 e. The van der Waals surface area contributed by atoms with Gasteiger partial charge in [-0.25, -0.2) is 4.79 Å². The largest absolute Gasteiger partial charge is 0.346 e. The maximum absolute atomic E-state index is 12.5. The van der Waals surface area contributed by atoms with Gasteiger partial charge < -0.3 is 9.74 Å². The third kappa shape index (κ3) is 2.53. The average Bonchev–Trinajstić information content (AvgIpc) is 2.77. The van der Waals surface area contributed by atoms with E-state index in [1.54, 1.807) is 19.0 Å². The van der Waals surface area contributed by atoms with Crippen LogP contribution in [0.4, 0.5) is 11.5 Å². The number of anilines is 2. The molecule has 2 rings (SSSR count). The van der Waals surface area contributed by atoms with Crippen molar-refractivity contribution >= 4 is 18.0 Å². The third-order valence-electron chi connectivity index (χ3n) is 3.61. The zero-order valence-corrected chi connectivity index (χ0v) is 12.5. The minimum absolute atomic E-state index is 0.218. The Hall–Kier alpha value is -2.25. The first-order valence-corrected chi connectivity index (χ1v) is 6.95. The first-order valence-electron chi connectivity index (χ1n) is 6.95. The van der Waals surface area contributed by atoms with E-state index in [1.807, 2.05) is 0 Å². The molecule has 8 nitrogen and oxygen atoms in total. The lowest BCUT2D eigenvalue weighted by Gasteiger charge is -2.16. The van der Waals surface area contributed by atoms with E-state index >= 15 is 0 Å². The van der Waals surface area contributed by atoms with Gasteiger partial charge in [0.1, 0.15) is 12.4 Å². The van der Waals surface area contributed by atoms with Crippen LogP contribution in [0.25, 0.3) is 0 Å². The summed E-state index contributed by atoms with van der Waals surface area (Å²) < 4.78 is 2.59. The number of rotatable bonds is 6. The van der Waals surface area contributed by atoms with Crippen LogP contribution in [0.1, 0.15) is 26.2 Å². The Morgan fingerprint density at radius 3 is 2.57 bits per heavy atom. The topological polar surface area (TPSA) is 76.8 Å². The predicted octanol–water partition coefficient (Wildman–Crippen LogP) is 0.0389. The summed E-state index contributed by atoms with van der Waals surface area (Å²) in [6.45, 7) is 2.96. The Bertz CT molecular complexity index is 649. The van der Waals surface area contributed by atoms with Crippen LogP contribution in [0.3, 0.4) is 0 Å². The maximum atomic E-state index is 12.5. The van der Waals surface area contributed by atoms with Crippen molar-refractivity contribution < 1.29 is 9.63 Å². The Kier molecular flexibility index (Phi) is 4.35. The summed E-state index contributed by atoms with van der Waals surface area (Å²) >= 11 is 0. The first kappa shape index (κ1) is 15.1. The van der Waals surface area contributed by atoms with Crippen LogP contribution in [-0.2, 0) is 23.2 Å². The minimum atomic E-state index is -0.398. The Morgan fingerprint density at radius 2 is 1.95 bits per heavy atom. The average molecular weight is 296 g/mol. The predicted molar refractivity (Wildman–Crippen MR) is 78.4 cm³/mol. The third-order valence-corrected chi connectivity index (χ3v) is 3.61. The second-order valence-electron chi connectivity index (χ2n) is 5.10. The molecule has 1 aliphatic rings. The lowest BCUT2D eigenvalue weighted by molar-refractivity contribution is -0.129. The molecule has 0 aliphatic carbocycles. The Morgan fingerprint density at radius 1 is 1.24 bits per heavy atom. The highest BCUT2D eigenvalue weighted by molar-refractivity contribution is 5.71. The smallest absolute Gasteiger partial charge is 0.332 e. The summed E-state index contributed by atoms with van der Waals surface area (Å²) in [4.78, 5) is 41.9. The van der Waals surface area contributed by atoms with Crippen molar-refractivity contribution in [3.8, 4) is 0 Å². The van der Waals surface area contributed by atoms with E-state index in [4.69, 9.17) is 4.84 Å². The number of hydroxylamine groups is 1. The molecule has 0 saturated heterocycles. The number of carbonyl (C=O) groups is 1. The van der Waals surface area contributed by atoms with E-state index in [9.17, 15) is 14.4 Å². The molecule has 0 unspecified atom stereocenters. The molecule has 21 heavy (non-hydrogen) atoms. The van der Waals surface area contributed by atoms with Crippen LogP contribution in [0, 0.1) is 0 Å². The number of nitrogens with zero attached hydrogens (tertiary/aromatic N) is 4. The van der Waals surface area contributed by atoms with E-state index in [2.05, 4.69) is 6.92 Å². The van der Waals surface area contributed by atoms with Gasteiger partial charge in [0, 0.05) is 20.6 Å².